The van der Waals surface area contributed by atoms with Crippen LogP contribution in [0.15, 0.2) is 6.07 Å². The predicted octanol–water partition coefficient (Wildman–Crippen LogP) is 0.673. The van der Waals surface area contributed by atoms with Gasteiger partial charge in [0.2, 0.25) is 5.95 Å². The zero-order valence-corrected chi connectivity index (χ0v) is 9.98. The second-order valence-corrected chi connectivity index (χ2v) is 4.46. The van der Waals surface area contributed by atoms with Crippen LogP contribution in [0.2, 0.25) is 0 Å². The van der Waals surface area contributed by atoms with E-state index in [1.54, 1.807) is 7.05 Å². The van der Waals surface area contributed by atoms with E-state index in [-0.39, 0.29) is 12.1 Å². The Labute approximate surface area is 101 Å². The number of aliphatic hydroxyl groups is 1. The minimum Gasteiger partial charge on any atom is -0.393 e. The Hall–Kier alpha value is -1.56. The third-order valence-corrected chi connectivity index (χ3v) is 3.08. The van der Waals surface area contributed by atoms with Crippen LogP contribution in [0.5, 0.6) is 0 Å². The monoisotopic (exact) mass is 237 g/mol. The average Bonchev–Trinajstić information content (AvgIpc) is 2.72. The number of aliphatic hydroxyl groups excluding tert-OH is 1. The van der Waals surface area contributed by atoms with E-state index in [0.717, 1.165) is 31.6 Å². The number of nitrogens with two attached hydrogens (primary N) is 1. The average molecular weight is 237 g/mol. The summed E-state index contributed by atoms with van der Waals surface area (Å²) in [5.74, 6) is 2.19. The molecule has 17 heavy (non-hydrogen) atoms. The molecule has 2 atom stereocenters. The van der Waals surface area contributed by atoms with Crippen LogP contribution in [0.25, 0.3) is 0 Å². The molecule has 6 heteroatoms. The van der Waals surface area contributed by atoms with Crippen LogP contribution in [0.4, 0.5) is 17.6 Å². The van der Waals surface area contributed by atoms with Gasteiger partial charge in [-0.15, -0.1) is 0 Å². The largest absolute Gasteiger partial charge is 0.393 e. The molecule has 0 amide bonds. The smallest absolute Gasteiger partial charge is 0.223 e. The molecule has 2 unspecified atom stereocenters. The summed E-state index contributed by atoms with van der Waals surface area (Å²) in [7, 11) is 1.79. The van der Waals surface area contributed by atoms with Crippen LogP contribution >= 0.6 is 0 Å². The molecule has 0 aliphatic heterocycles. The second kappa shape index (κ2) is 5.18. The molecule has 1 aliphatic rings. The first-order valence-electron chi connectivity index (χ1n) is 5.91. The van der Waals surface area contributed by atoms with Crippen LogP contribution in [-0.4, -0.2) is 34.8 Å². The van der Waals surface area contributed by atoms with Crippen molar-refractivity contribution in [2.75, 3.05) is 30.0 Å². The number of nitrogens with one attached hydrogen (secondary N) is 2. The van der Waals surface area contributed by atoms with Crippen LogP contribution in [0, 0.1) is 5.92 Å². The maximum absolute atomic E-state index is 9.44. The molecule has 1 aliphatic carbocycles. The number of aromatic nitrogens is 2. The van der Waals surface area contributed by atoms with Crippen LogP contribution in [0.3, 0.4) is 0 Å². The topological polar surface area (TPSA) is 96.1 Å². The number of hydrogen-bond acceptors (Lipinski definition) is 6. The molecule has 94 valence electrons. The van der Waals surface area contributed by atoms with E-state index < -0.39 is 0 Å². The van der Waals surface area contributed by atoms with Gasteiger partial charge in [0.15, 0.2) is 0 Å². The molecule has 2 rings (SSSR count). The van der Waals surface area contributed by atoms with Crippen molar-refractivity contribution in [2.45, 2.75) is 25.4 Å². The number of nitrogens with zero attached hydrogens (tertiary/aromatic N) is 2. The minimum absolute atomic E-state index is 0.134. The minimum atomic E-state index is -0.134. The maximum atomic E-state index is 9.44. The molecule has 0 aromatic carbocycles. The summed E-state index contributed by atoms with van der Waals surface area (Å²) in [4.78, 5) is 8.13. The Morgan fingerprint density at radius 2 is 2.18 bits per heavy atom. The number of nitrogen functional groups attached to an aromatic ring is 1. The molecule has 1 aromatic rings. The Kier molecular flexibility index (Phi) is 3.63. The van der Waals surface area contributed by atoms with Gasteiger partial charge in [-0.25, -0.2) is 0 Å². The van der Waals surface area contributed by atoms with Gasteiger partial charge in [-0.05, 0) is 25.2 Å². The summed E-state index contributed by atoms with van der Waals surface area (Å²) >= 11 is 0. The van der Waals surface area contributed by atoms with Crippen LogP contribution < -0.4 is 16.4 Å². The Morgan fingerprint density at radius 1 is 1.41 bits per heavy atom. The Balaban J connectivity index is 1.92. The van der Waals surface area contributed by atoms with Crippen LogP contribution in [0.1, 0.15) is 19.3 Å². The normalized spacial score (nSPS) is 23.6. The molecule has 0 spiro atoms. The molecule has 1 aromatic heterocycles. The molecule has 0 saturated heterocycles. The SMILES string of the molecule is CNc1cc(NCC2CCC(O)C2)nc(N)n1. The lowest BCUT2D eigenvalue weighted by atomic mass is 10.1. The fourth-order valence-corrected chi connectivity index (χ4v) is 2.17. The first-order chi connectivity index (χ1) is 8.17. The first-order valence-corrected chi connectivity index (χ1v) is 5.91. The van der Waals surface area contributed by atoms with Gasteiger partial charge in [-0.2, -0.15) is 9.97 Å². The quantitative estimate of drug-likeness (QED) is 0.615. The van der Waals surface area contributed by atoms with Crippen molar-refractivity contribution in [2.24, 2.45) is 5.92 Å². The van der Waals surface area contributed by atoms with Crippen molar-refractivity contribution in [1.29, 1.82) is 0 Å². The molecular formula is C11H19N5O. The third-order valence-electron chi connectivity index (χ3n) is 3.08. The first kappa shape index (κ1) is 11.9. The van der Waals surface area contributed by atoms with E-state index in [1.807, 2.05) is 6.07 Å². The maximum Gasteiger partial charge on any atom is 0.223 e. The second-order valence-electron chi connectivity index (χ2n) is 4.46. The van der Waals surface area contributed by atoms with Crippen molar-refractivity contribution >= 4 is 17.6 Å². The van der Waals surface area contributed by atoms with Gasteiger partial charge < -0.3 is 21.5 Å². The molecule has 5 N–H and O–H groups in total. The van der Waals surface area contributed by atoms with Gasteiger partial charge in [0.1, 0.15) is 11.6 Å². The summed E-state index contributed by atoms with van der Waals surface area (Å²) in [6.07, 6.45) is 2.70. The van der Waals surface area contributed by atoms with Gasteiger partial charge in [0.25, 0.3) is 0 Å². The lowest BCUT2D eigenvalue weighted by Crippen LogP contribution is -2.14. The van der Waals surface area contributed by atoms with E-state index in [1.165, 1.54) is 0 Å². The molecule has 0 bridgehead atoms. The van der Waals surface area contributed by atoms with E-state index in [0.29, 0.717) is 11.7 Å². The molecule has 1 heterocycles. The Bertz CT molecular complexity index is 384. The zero-order chi connectivity index (χ0) is 12.3. The van der Waals surface area contributed by atoms with Gasteiger partial charge in [-0.3, -0.25) is 0 Å². The number of hydrogen-bond donors (Lipinski definition) is 4. The van der Waals surface area contributed by atoms with E-state index in [9.17, 15) is 5.11 Å². The van der Waals surface area contributed by atoms with E-state index in [4.69, 9.17) is 5.73 Å². The lowest BCUT2D eigenvalue weighted by Gasteiger charge is -2.12. The Morgan fingerprint density at radius 3 is 2.82 bits per heavy atom. The number of anilines is 3. The highest BCUT2D eigenvalue weighted by molar-refractivity contribution is 5.50. The highest BCUT2D eigenvalue weighted by Crippen LogP contribution is 2.25. The standard InChI is InChI=1S/C11H19N5O/c1-13-9-5-10(16-11(12)15-9)14-6-7-2-3-8(17)4-7/h5,7-8,17H,2-4,6H2,1H3,(H4,12,13,14,15,16). The van der Waals surface area contributed by atoms with E-state index in [2.05, 4.69) is 20.6 Å². The number of rotatable bonds is 4. The van der Waals surface area contributed by atoms with Gasteiger partial charge in [-0.1, -0.05) is 0 Å². The van der Waals surface area contributed by atoms with E-state index >= 15 is 0 Å². The highest BCUT2D eigenvalue weighted by atomic mass is 16.3. The summed E-state index contributed by atoms with van der Waals surface area (Å²) in [5, 5.41) is 15.6. The molecular weight excluding hydrogens is 218 g/mol. The summed E-state index contributed by atoms with van der Waals surface area (Å²) in [6, 6.07) is 1.82. The molecule has 1 saturated carbocycles. The molecule has 1 fully saturated rings. The van der Waals surface area contributed by atoms with Crippen molar-refractivity contribution in [3.63, 3.8) is 0 Å². The van der Waals surface area contributed by atoms with Gasteiger partial charge >= 0.3 is 0 Å². The highest BCUT2D eigenvalue weighted by Gasteiger charge is 2.22. The lowest BCUT2D eigenvalue weighted by molar-refractivity contribution is 0.178. The summed E-state index contributed by atoms with van der Waals surface area (Å²) < 4.78 is 0. The van der Waals surface area contributed by atoms with Crippen molar-refractivity contribution in [3.05, 3.63) is 6.07 Å². The third kappa shape index (κ3) is 3.20. The van der Waals surface area contributed by atoms with Crippen LogP contribution in [-0.2, 0) is 0 Å². The zero-order valence-electron chi connectivity index (χ0n) is 9.98. The van der Waals surface area contributed by atoms with Gasteiger partial charge in [0, 0.05) is 19.7 Å². The summed E-state index contributed by atoms with van der Waals surface area (Å²) in [6.45, 7) is 0.816. The van der Waals surface area contributed by atoms with Crippen molar-refractivity contribution in [3.8, 4) is 0 Å². The van der Waals surface area contributed by atoms with Gasteiger partial charge in [0.05, 0.1) is 6.10 Å². The fraction of sp³-hybridized carbons (Fsp3) is 0.636. The summed E-state index contributed by atoms with van der Waals surface area (Å²) in [5.41, 5.74) is 5.60. The molecule has 0 radical (unpaired) electrons. The fourth-order valence-electron chi connectivity index (χ4n) is 2.17. The van der Waals surface area contributed by atoms with Crippen molar-refractivity contribution in [1.82, 2.24) is 9.97 Å². The predicted molar refractivity (Wildman–Crippen MR) is 67.8 cm³/mol. The molecule has 6 nitrogen and oxygen atoms in total. The van der Waals surface area contributed by atoms with Crippen molar-refractivity contribution < 1.29 is 5.11 Å².